The largest absolute Gasteiger partial charge is 0.490 e. The van der Waals surface area contributed by atoms with Crippen molar-refractivity contribution in [3.63, 3.8) is 0 Å². The van der Waals surface area contributed by atoms with Gasteiger partial charge in [-0.25, -0.2) is 4.39 Å². The van der Waals surface area contributed by atoms with Crippen LogP contribution in [0.4, 0.5) is 15.9 Å². The Kier molecular flexibility index (Phi) is 10.4. The Morgan fingerprint density at radius 3 is 2.17 bits per heavy atom. The number of nitrogens with two attached hydrogens (primary N) is 1. The number of aromatic nitrogens is 2. The fourth-order valence-electron chi connectivity index (χ4n) is 10.2. The van der Waals surface area contributed by atoms with E-state index in [9.17, 15) is 24.0 Å². The third-order valence-corrected chi connectivity index (χ3v) is 13.9. The number of likely N-dealkylation sites (tertiary alicyclic amines) is 2. The zero-order valence-corrected chi connectivity index (χ0v) is 33.8. The number of piperidine rings is 3. The Balaban J connectivity index is 0.787. The van der Waals surface area contributed by atoms with Gasteiger partial charge >= 0.3 is 0 Å². The first-order valence-electron chi connectivity index (χ1n) is 20.7. The zero-order valence-electron chi connectivity index (χ0n) is 33.0. The maximum atomic E-state index is 15.8. The molecule has 2 N–H and O–H groups in total. The Morgan fingerprint density at radius 1 is 0.833 bits per heavy atom. The smallest absolute Gasteiger partial charge is 0.269 e. The highest BCUT2D eigenvalue weighted by Gasteiger charge is 2.50. The summed E-state index contributed by atoms with van der Waals surface area (Å²) in [4.78, 5) is 75.1. The number of fused-ring (bicyclic) bond motifs is 1. The van der Waals surface area contributed by atoms with Crippen molar-refractivity contribution in [2.45, 2.75) is 88.4 Å². The van der Waals surface area contributed by atoms with E-state index in [4.69, 9.17) is 27.3 Å². The second-order valence-corrected chi connectivity index (χ2v) is 17.4. The molecule has 60 heavy (non-hydrogen) atoms. The van der Waals surface area contributed by atoms with Crippen LogP contribution >= 0.6 is 11.6 Å². The van der Waals surface area contributed by atoms with Gasteiger partial charge in [0.25, 0.3) is 23.6 Å². The first-order valence-corrected chi connectivity index (χ1v) is 21.1. The molecular formula is C43H45ClFN9O6. The van der Waals surface area contributed by atoms with Gasteiger partial charge in [-0.3, -0.25) is 33.8 Å². The van der Waals surface area contributed by atoms with Gasteiger partial charge in [0.15, 0.2) is 11.5 Å². The van der Waals surface area contributed by atoms with Crippen molar-refractivity contribution >= 4 is 52.6 Å². The molecule has 15 nitrogen and oxygen atoms in total. The number of benzene rings is 2. The molecule has 4 saturated heterocycles. The number of primary amides is 1. The minimum Gasteiger partial charge on any atom is -0.490 e. The fraction of sp³-hybridized carbons (Fsp3) is 0.488. The predicted molar refractivity (Wildman–Crippen MR) is 216 cm³/mol. The zero-order chi connectivity index (χ0) is 41.9. The standard InChI is InChI=1S/C43H45ClFN9O6/c44-32-19-29(4-1-25(32)22-46)60-28-5-2-27(3-6-28)53-38(55)10-8-35(42(53)59)54-40(57)30-20-33(45)36(21-31(30)41(54)58)51-15-11-26(12-16-51)50-17-13-43(14-18-50)23-52(24-43)37-9-7-34(39(47)56)48-49-37/h1,4,7,9,19-21,26-28,35H,2-3,5-6,8,10-18,23-24H2,(H2,47,56). The lowest BCUT2D eigenvalue weighted by atomic mass is 9.71. The Hall–Kier alpha value is -5.66. The number of amides is 5. The molecule has 1 saturated carbocycles. The molecule has 1 atom stereocenters. The lowest BCUT2D eigenvalue weighted by Crippen LogP contribution is -2.62. The van der Waals surface area contributed by atoms with Crippen molar-refractivity contribution < 1.29 is 33.1 Å². The van der Waals surface area contributed by atoms with E-state index in [1.54, 1.807) is 30.3 Å². The molecule has 0 radical (unpaired) electrons. The van der Waals surface area contributed by atoms with Crippen molar-refractivity contribution in [3.05, 3.63) is 75.7 Å². The summed E-state index contributed by atoms with van der Waals surface area (Å²) in [5.74, 6) is -2.22. The number of rotatable bonds is 8. The van der Waals surface area contributed by atoms with Gasteiger partial charge in [-0.05, 0) is 107 Å². The number of imide groups is 2. The third-order valence-electron chi connectivity index (χ3n) is 13.6. The monoisotopic (exact) mass is 837 g/mol. The molecule has 1 aliphatic carbocycles. The number of hydrogen-bond donors (Lipinski definition) is 1. The maximum Gasteiger partial charge on any atom is 0.269 e. The van der Waals surface area contributed by atoms with E-state index in [-0.39, 0.29) is 52.8 Å². The number of carbonyl (C=O) groups is 5. The lowest BCUT2D eigenvalue weighted by Gasteiger charge is -2.55. The van der Waals surface area contributed by atoms with Gasteiger partial charge in [-0.1, -0.05) is 11.6 Å². The number of ether oxygens (including phenoxy) is 1. The molecule has 6 heterocycles. The number of halogens is 2. The summed E-state index contributed by atoms with van der Waals surface area (Å²) in [7, 11) is 0. The van der Waals surface area contributed by atoms with Gasteiger partial charge in [-0.15, -0.1) is 10.2 Å². The molecule has 9 rings (SSSR count). The molecule has 1 spiro atoms. The summed E-state index contributed by atoms with van der Waals surface area (Å²) < 4.78 is 21.9. The van der Waals surface area contributed by atoms with Crippen LogP contribution < -0.4 is 20.3 Å². The molecule has 5 fully saturated rings. The molecule has 3 aromatic rings. The molecular weight excluding hydrogens is 793 g/mol. The quantitative estimate of drug-likeness (QED) is 0.318. The van der Waals surface area contributed by atoms with Gasteiger partial charge in [0.1, 0.15) is 23.7 Å². The molecule has 1 aromatic heterocycles. The van der Waals surface area contributed by atoms with E-state index in [1.807, 2.05) is 11.0 Å². The highest BCUT2D eigenvalue weighted by atomic mass is 35.5. The Morgan fingerprint density at radius 2 is 1.53 bits per heavy atom. The van der Waals surface area contributed by atoms with E-state index in [0.29, 0.717) is 61.2 Å². The number of carbonyl (C=O) groups excluding carboxylic acids is 5. The normalized spacial score (nSPS) is 24.7. The maximum absolute atomic E-state index is 15.8. The molecule has 2 aromatic carbocycles. The minimum atomic E-state index is -1.16. The molecule has 5 amide bonds. The van der Waals surface area contributed by atoms with E-state index >= 15 is 4.39 Å². The van der Waals surface area contributed by atoms with Crippen LogP contribution in [0.15, 0.2) is 42.5 Å². The average Bonchev–Trinajstić information content (AvgIpc) is 3.47. The van der Waals surface area contributed by atoms with E-state index in [0.717, 1.165) is 68.6 Å². The summed E-state index contributed by atoms with van der Waals surface area (Å²) in [5, 5.41) is 17.6. The Bertz CT molecular complexity index is 2290. The minimum absolute atomic E-state index is 0.00174. The van der Waals surface area contributed by atoms with Gasteiger partial charge in [0.2, 0.25) is 5.91 Å². The summed E-state index contributed by atoms with van der Waals surface area (Å²) in [5.41, 5.74) is 6.28. The van der Waals surface area contributed by atoms with Crippen molar-refractivity contribution in [3.8, 4) is 11.8 Å². The van der Waals surface area contributed by atoms with Crippen molar-refractivity contribution in [2.24, 2.45) is 11.1 Å². The number of hydrogen-bond acceptors (Lipinski definition) is 12. The van der Waals surface area contributed by atoms with Crippen LogP contribution in [-0.2, 0) is 9.59 Å². The molecule has 1 unspecified atom stereocenters. The number of anilines is 2. The molecule has 5 aliphatic heterocycles. The SMILES string of the molecule is N#Cc1ccc(OC2CCC(N3C(=O)CCC(N4C(=O)c5cc(F)c(N6CCC(N7CCC8(CC7)CN(c7ccc(C(N)=O)nn7)C8)CC6)cc5C4=O)C3=O)CC2)cc1Cl. The van der Waals surface area contributed by atoms with Crippen molar-refractivity contribution in [1.29, 1.82) is 5.26 Å². The van der Waals surface area contributed by atoms with Gasteiger partial charge in [0, 0.05) is 56.2 Å². The molecule has 6 aliphatic rings. The number of nitrogens with zero attached hydrogens (tertiary/aromatic N) is 8. The lowest BCUT2D eigenvalue weighted by molar-refractivity contribution is -0.155. The van der Waals surface area contributed by atoms with Crippen LogP contribution in [0.25, 0.3) is 0 Å². The highest BCUT2D eigenvalue weighted by Crippen LogP contribution is 2.43. The summed E-state index contributed by atoms with van der Waals surface area (Å²) in [6.45, 7) is 4.91. The molecule has 0 bridgehead atoms. The van der Waals surface area contributed by atoms with Crippen molar-refractivity contribution in [1.82, 2.24) is 24.9 Å². The van der Waals surface area contributed by atoms with Gasteiger partial charge in [0.05, 0.1) is 33.5 Å². The van der Waals surface area contributed by atoms with E-state index < -0.39 is 41.5 Å². The summed E-state index contributed by atoms with van der Waals surface area (Å²) in [6.07, 6.45) is 5.69. The van der Waals surface area contributed by atoms with E-state index in [1.165, 1.54) is 11.0 Å². The fourth-order valence-corrected chi connectivity index (χ4v) is 10.4. The van der Waals surface area contributed by atoms with Crippen LogP contribution in [0.2, 0.25) is 5.02 Å². The van der Waals surface area contributed by atoms with Crippen LogP contribution in [0.3, 0.4) is 0 Å². The van der Waals surface area contributed by atoms with Crippen LogP contribution in [0.1, 0.15) is 101 Å². The van der Waals surface area contributed by atoms with Crippen molar-refractivity contribution in [2.75, 3.05) is 49.1 Å². The van der Waals surface area contributed by atoms with Gasteiger partial charge < -0.3 is 25.2 Å². The molecule has 312 valence electrons. The second kappa shape index (κ2) is 15.7. The van der Waals surface area contributed by atoms with Gasteiger partial charge in [-0.2, -0.15) is 5.26 Å². The number of nitriles is 1. The van der Waals surface area contributed by atoms with Crippen LogP contribution in [0.5, 0.6) is 5.75 Å². The highest BCUT2D eigenvalue weighted by molar-refractivity contribution is 6.31. The summed E-state index contributed by atoms with van der Waals surface area (Å²) >= 11 is 6.17. The molecule has 17 heteroatoms. The van der Waals surface area contributed by atoms with E-state index in [2.05, 4.69) is 20.0 Å². The third kappa shape index (κ3) is 7.21. The second-order valence-electron chi connectivity index (χ2n) is 17.0. The Labute approximate surface area is 351 Å². The first-order chi connectivity index (χ1) is 28.9. The van der Waals surface area contributed by atoms with Crippen LogP contribution in [-0.4, -0.2) is 118 Å². The summed E-state index contributed by atoms with van der Waals surface area (Å²) in [6, 6.07) is 11.6. The predicted octanol–water partition coefficient (Wildman–Crippen LogP) is 4.31. The first kappa shape index (κ1) is 39.8. The van der Waals surface area contributed by atoms with Crippen LogP contribution in [0, 0.1) is 22.6 Å². The topological polar surface area (TPSA) is 186 Å². The average molecular weight is 838 g/mol.